The molecule has 0 saturated carbocycles. The van der Waals surface area contributed by atoms with Gasteiger partial charge < -0.3 is 10.6 Å². The monoisotopic (exact) mass is 157 g/mol. The molecule has 0 aliphatic heterocycles. The number of rotatable bonds is 5. The lowest BCUT2D eigenvalue weighted by molar-refractivity contribution is -0.120. The van der Waals surface area contributed by atoms with Crippen molar-refractivity contribution in [2.45, 2.75) is 19.9 Å². The van der Waals surface area contributed by atoms with Crippen molar-refractivity contribution in [1.82, 2.24) is 10.6 Å². The highest BCUT2D eigenvalue weighted by atomic mass is 16.2. The van der Waals surface area contributed by atoms with Crippen LogP contribution in [0.4, 0.5) is 0 Å². The maximum atomic E-state index is 10.8. The van der Waals surface area contributed by atoms with Crippen LogP contribution in [-0.4, -0.2) is 31.3 Å². The van der Waals surface area contributed by atoms with E-state index in [9.17, 15) is 9.59 Å². The van der Waals surface area contributed by atoms with E-state index in [1.54, 1.807) is 6.29 Å². The molecular weight excluding hydrogens is 144 g/mol. The zero-order valence-corrected chi connectivity index (χ0v) is 6.81. The van der Waals surface area contributed by atoms with Gasteiger partial charge in [0.25, 0.3) is 0 Å². The lowest BCUT2D eigenvalue weighted by Gasteiger charge is -2.06. The van der Waals surface area contributed by atoms with Crippen molar-refractivity contribution >= 4 is 12.2 Å². The summed E-state index contributed by atoms with van der Waals surface area (Å²) in [7, 11) is 0. The third-order valence-electron chi connectivity index (χ3n) is 1.03. The van der Waals surface area contributed by atoms with Gasteiger partial charge >= 0.3 is 0 Å². The topological polar surface area (TPSA) is 58.2 Å². The van der Waals surface area contributed by atoms with Crippen LogP contribution in [-0.2, 0) is 9.59 Å². The summed E-state index contributed by atoms with van der Waals surface area (Å²) < 4.78 is 0. The summed E-state index contributed by atoms with van der Waals surface area (Å²) in [6, 6.07) is 0.279. The predicted molar refractivity (Wildman–Crippen MR) is 41.8 cm³/mol. The van der Waals surface area contributed by atoms with Gasteiger partial charge in [-0.3, -0.25) is 9.59 Å². The Morgan fingerprint density at radius 1 is 1.55 bits per heavy atom. The van der Waals surface area contributed by atoms with Crippen molar-refractivity contribution in [3.05, 3.63) is 0 Å². The molecule has 4 nitrogen and oxygen atoms in total. The third kappa shape index (κ3) is 6.99. The highest BCUT2D eigenvalue weighted by Crippen LogP contribution is 1.73. The van der Waals surface area contributed by atoms with E-state index in [4.69, 9.17) is 0 Å². The molecule has 0 rings (SSSR count). The van der Waals surface area contributed by atoms with Crippen LogP contribution in [0.1, 0.15) is 13.8 Å². The Balaban J connectivity index is 3.29. The van der Waals surface area contributed by atoms with E-state index in [2.05, 4.69) is 10.6 Å². The average molecular weight is 157 g/mol. The zero-order chi connectivity index (χ0) is 8.69. The van der Waals surface area contributed by atoms with E-state index in [0.29, 0.717) is 0 Å². The van der Waals surface area contributed by atoms with Crippen molar-refractivity contribution in [2.75, 3.05) is 13.1 Å². The second kappa shape index (κ2) is 5.85. The van der Waals surface area contributed by atoms with Gasteiger partial charge in [-0.15, -0.1) is 0 Å². The molecule has 0 heterocycles. The number of carbonyl (C=O) groups excluding carboxylic acids is 2. The fourth-order valence-electron chi connectivity index (χ4n) is 0.494. The minimum atomic E-state index is -0.179. The van der Waals surface area contributed by atoms with Gasteiger partial charge in [-0.2, -0.15) is 0 Å². The maximum absolute atomic E-state index is 10.8. The minimum Gasteiger partial charge on any atom is -0.347 e. The molecule has 0 aliphatic carbocycles. The first-order chi connectivity index (χ1) is 5.16. The molecule has 0 bridgehead atoms. The molecule has 2 N–H and O–H groups in total. The van der Waals surface area contributed by atoms with Gasteiger partial charge in [0.15, 0.2) is 0 Å². The summed E-state index contributed by atoms with van der Waals surface area (Å²) in [6.07, 6.45) is 1.58. The van der Waals surface area contributed by atoms with Gasteiger partial charge in [0.1, 0.15) is 0 Å². The first-order valence-electron chi connectivity index (χ1n) is 3.52. The normalized spacial score (nSPS) is 9.73. The Bertz CT molecular complexity index is 134. The minimum absolute atomic E-state index is 0.0292. The van der Waals surface area contributed by atoms with Crippen LogP contribution >= 0.6 is 0 Å². The standard InChI is InChI=1S/C7H13N2O2/c1-6(2)9-5-7(11)8-3-4-10/h6,9H,3,5H2,1-2H3,(H,8,11). The molecule has 0 aliphatic rings. The van der Waals surface area contributed by atoms with Gasteiger partial charge in [0.05, 0.1) is 13.1 Å². The molecule has 4 heteroatoms. The highest BCUT2D eigenvalue weighted by Gasteiger charge is 1.99. The second-order valence-corrected chi connectivity index (χ2v) is 2.46. The largest absolute Gasteiger partial charge is 0.347 e. The molecule has 0 spiro atoms. The van der Waals surface area contributed by atoms with E-state index in [-0.39, 0.29) is 25.0 Å². The molecule has 63 valence electrons. The average Bonchev–Trinajstić information content (AvgIpc) is 1.97. The Morgan fingerprint density at radius 3 is 2.64 bits per heavy atom. The summed E-state index contributed by atoms with van der Waals surface area (Å²) >= 11 is 0. The number of nitrogens with one attached hydrogen (secondary N) is 2. The summed E-state index contributed by atoms with van der Waals surface area (Å²) in [5.41, 5.74) is 0. The van der Waals surface area contributed by atoms with Crippen molar-refractivity contribution in [1.29, 1.82) is 0 Å². The first-order valence-corrected chi connectivity index (χ1v) is 3.52. The summed E-state index contributed by atoms with van der Waals surface area (Å²) in [6.45, 7) is 4.11. The molecule has 0 aromatic rings. The number of carbonyl (C=O) groups is 1. The fourth-order valence-corrected chi connectivity index (χ4v) is 0.494. The van der Waals surface area contributed by atoms with Crippen LogP contribution in [0, 0.1) is 0 Å². The molecule has 0 atom stereocenters. The van der Waals surface area contributed by atoms with Crippen molar-refractivity contribution < 1.29 is 9.59 Å². The number of hydrogen-bond donors (Lipinski definition) is 2. The van der Waals surface area contributed by atoms with E-state index >= 15 is 0 Å². The van der Waals surface area contributed by atoms with Gasteiger partial charge in [-0.05, 0) is 0 Å². The fraction of sp³-hybridized carbons (Fsp3) is 0.714. The van der Waals surface area contributed by atoms with Crippen LogP contribution in [0.25, 0.3) is 0 Å². The molecule has 11 heavy (non-hydrogen) atoms. The van der Waals surface area contributed by atoms with E-state index in [0.717, 1.165) is 0 Å². The Kier molecular flexibility index (Phi) is 5.37. The molecule has 0 fully saturated rings. The van der Waals surface area contributed by atoms with Crippen LogP contribution < -0.4 is 10.6 Å². The third-order valence-corrected chi connectivity index (χ3v) is 1.03. The van der Waals surface area contributed by atoms with Gasteiger partial charge in [0.2, 0.25) is 12.2 Å². The smallest absolute Gasteiger partial charge is 0.234 e. The summed E-state index contributed by atoms with van der Waals surface area (Å²) in [5, 5.41) is 5.27. The van der Waals surface area contributed by atoms with Crippen molar-refractivity contribution in [3.63, 3.8) is 0 Å². The lowest BCUT2D eigenvalue weighted by atomic mass is 10.4. The number of amides is 1. The van der Waals surface area contributed by atoms with Crippen molar-refractivity contribution in [3.8, 4) is 0 Å². The van der Waals surface area contributed by atoms with E-state index in [1.165, 1.54) is 0 Å². The summed E-state index contributed by atoms with van der Waals surface area (Å²) in [5.74, 6) is -0.179. The lowest BCUT2D eigenvalue weighted by Crippen LogP contribution is -2.37. The number of hydrogen-bond acceptors (Lipinski definition) is 3. The Hall–Kier alpha value is -0.900. The highest BCUT2D eigenvalue weighted by molar-refractivity contribution is 5.80. The molecule has 0 saturated heterocycles. The molecular formula is C7H13N2O2. The van der Waals surface area contributed by atoms with E-state index in [1.807, 2.05) is 13.8 Å². The molecule has 1 amide bonds. The quantitative estimate of drug-likeness (QED) is 0.550. The van der Waals surface area contributed by atoms with Gasteiger partial charge in [-0.1, -0.05) is 13.8 Å². The van der Waals surface area contributed by atoms with Crippen LogP contribution in [0.5, 0.6) is 0 Å². The second-order valence-electron chi connectivity index (χ2n) is 2.46. The molecule has 0 aromatic carbocycles. The van der Waals surface area contributed by atoms with Crippen LogP contribution in [0.2, 0.25) is 0 Å². The molecule has 0 unspecified atom stereocenters. The van der Waals surface area contributed by atoms with Crippen LogP contribution in [0.15, 0.2) is 0 Å². The Morgan fingerprint density at radius 2 is 2.18 bits per heavy atom. The molecule has 1 radical (unpaired) electrons. The summed E-state index contributed by atoms with van der Waals surface area (Å²) in [4.78, 5) is 20.4. The predicted octanol–water partition coefficient (Wildman–Crippen LogP) is -0.790. The van der Waals surface area contributed by atoms with Crippen molar-refractivity contribution in [2.24, 2.45) is 0 Å². The zero-order valence-electron chi connectivity index (χ0n) is 6.81. The Labute approximate surface area is 66.4 Å². The molecule has 0 aromatic heterocycles. The van der Waals surface area contributed by atoms with Gasteiger partial charge in [0, 0.05) is 6.04 Å². The van der Waals surface area contributed by atoms with E-state index < -0.39 is 0 Å². The maximum Gasteiger partial charge on any atom is 0.234 e. The first kappa shape index (κ1) is 10.1. The SMILES string of the molecule is CC(C)NCC(=O)NC[C]=O. The van der Waals surface area contributed by atoms with Gasteiger partial charge in [-0.25, -0.2) is 0 Å². The van der Waals surface area contributed by atoms with Crippen LogP contribution in [0.3, 0.4) is 0 Å².